The second kappa shape index (κ2) is 6.08. The Bertz CT molecular complexity index is 407. The Hall–Kier alpha value is -1.78. The highest BCUT2D eigenvalue weighted by atomic mass is 19.1. The van der Waals surface area contributed by atoms with Crippen molar-refractivity contribution in [2.24, 2.45) is 0 Å². The van der Waals surface area contributed by atoms with Crippen molar-refractivity contribution in [3.05, 3.63) is 34.9 Å². The van der Waals surface area contributed by atoms with E-state index in [1.165, 1.54) is 0 Å². The van der Waals surface area contributed by atoms with E-state index in [-0.39, 0.29) is 18.5 Å². The summed E-state index contributed by atoms with van der Waals surface area (Å²) in [5, 5.41) is 0. The lowest BCUT2D eigenvalue weighted by molar-refractivity contribution is 0.0498. The Morgan fingerprint density at radius 3 is 2.41 bits per heavy atom. The van der Waals surface area contributed by atoms with E-state index in [2.05, 4.69) is 0 Å². The molecule has 0 aromatic heterocycles. The van der Waals surface area contributed by atoms with Gasteiger partial charge >= 0.3 is 5.97 Å². The highest BCUT2D eigenvalue weighted by Crippen LogP contribution is 2.14. The molecule has 0 aliphatic rings. The van der Waals surface area contributed by atoms with Gasteiger partial charge in [-0.25, -0.2) is 13.6 Å². The summed E-state index contributed by atoms with van der Waals surface area (Å²) in [6, 6.07) is 1.59. The van der Waals surface area contributed by atoms with Crippen LogP contribution in [-0.4, -0.2) is 18.9 Å². The fourth-order valence-corrected chi connectivity index (χ4v) is 1.21. The first kappa shape index (κ1) is 13.3. The number of hydrogen-bond donors (Lipinski definition) is 0. The van der Waals surface area contributed by atoms with Gasteiger partial charge in [-0.2, -0.15) is 0 Å². The lowest BCUT2D eigenvalue weighted by Gasteiger charge is -2.05. The Morgan fingerprint density at radius 1 is 1.35 bits per heavy atom. The third-order valence-electron chi connectivity index (χ3n) is 2.16. The van der Waals surface area contributed by atoms with Crippen LogP contribution in [0.15, 0.2) is 12.1 Å². The third-order valence-corrected chi connectivity index (χ3v) is 2.16. The van der Waals surface area contributed by atoms with Crippen LogP contribution in [-0.2, 0) is 4.74 Å². The van der Waals surface area contributed by atoms with Crippen molar-refractivity contribution in [1.29, 1.82) is 0 Å². The second-order valence-corrected chi connectivity index (χ2v) is 3.46. The van der Waals surface area contributed by atoms with Crippen LogP contribution in [0, 0.1) is 11.6 Å². The maximum atomic E-state index is 13.2. The SMILES string of the molecule is CCCCOC(=O)c1cc(F)c(C=O)c(F)c1. The molecule has 0 radical (unpaired) electrons. The molecule has 1 aromatic carbocycles. The van der Waals surface area contributed by atoms with Gasteiger partial charge in [0.05, 0.1) is 17.7 Å². The van der Waals surface area contributed by atoms with E-state index in [4.69, 9.17) is 4.74 Å². The number of ether oxygens (including phenoxy) is 1. The van der Waals surface area contributed by atoms with Crippen molar-refractivity contribution >= 4 is 12.3 Å². The molecule has 3 nitrogen and oxygen atoms in total. The van der Waals surface area contributed by atoms with Gasteiger partial charge in [-0.1, -0.05) is 13.3 Å². The van der Waals surface area contributed by atoms with Gasteiger partial charge in [-0.15, -0.1) is 0 Å². The Kier molecular flexibility index (Phi) is 4.75. The number of carbonyl (C=O) groups is 2. The van der Waals surface area contributed by atoms with E-state index < -0.39 is 23.2 Å². The number of halogens is 2. The number of rotatable bonds is 5. The van der Waals surface area contributed by atoms with Crippen molar-refractivity contribution in [2.45, 2.75) is 19.8 Å². The molecule has 0 aliphatic carbocycles. The number of benzene rings is 1. The lowest BCUT2D eigenvalue weighted by atomic mass is 10.1. The Morgan fingerprint density at radius 2 is 1.94 bits per heavy atom. The first-order chi connectivity index (χ1) is 8.10. The van der Waals surface area contributed by atoms with Gasteiger partial charge in [0, 0.05) is 0 Å². The molecule has 17 heavy (non-hydrogen) atoms. The molecule has 0 saturated heterocycles. The molecule has 92 valence electrons. The molecule has 1 rings (SSSR count). The average Bonchev–Trinajstić information content (AvgIpc) is 2.28. The van der Waals surface area contributed by atoms with Crippen molar-refractivity contribution in [3.63, 3.8) is 0 Å². The van der Waals surface area contributed by atoms with Crippen LogP contribution in [0.1, 0.15) is 40.5 Å². The number of hydrogen-bond acceptors (Lipinski definition) is 3. The summed E-state index contributed by atoms with van der Waals surface area (Å²) in [5.41, 5.74) is -0.920. The van der Waals surface area contributed by atoms with E-state index in [0.717, 1.165) is 18.6 Å². The maximum absolute atomic E-state index is 13.2. The van der Waals surface area contributed by atoms with Crippen LogP contribution < -0.4 is 0 Å². The van der Waals surface area contributed by atoms with Crippen LogP contribution in [0.4, 0.5) is 8.78 Å². The second-order valence-electron chi connectivity index (χ2n) is 3.46. The molecule has 0 spiro atoms. The zero-order chi connectivity index (χ0) is 12.8. The highest BCUT2D eigenvalue weighted by Gasteiger charge is 2.15. The van der Waals surface area contributed by atoms with Crippen LogP contribution >= 0.6 is 0 Å². The molecular weight excluding hydrogens is 230 g/mol. The highest BCUT2D eigenvalue weighted by molar-refractivity contribution is 5.90. The van der Waals surface area contributed by atoms with E-state index >= 15 is 0 Å². The molecule has 0 amide bonds. The Labute approximate surface area is 97.4 Å². The number of aldehydes is 1. The lowest BCUT2D eigenvalue weighted by Crippen LogP contribution is -2.08. The van der Waals surface area contributed by atoms with Gasteiger partial charge < -0.3 is 4.74 Å². The number of carbonyl (C=O) groups excluding carboxylic acids is 2. The summed E-state index contributed by atoms with van der Waals surface area (Å²) in [6.07, 6.45) is 1.60. The first-order valence-corrected chi connectivity index (χ1v) is 5.21. The summed E-state index contributed by atoms with van der Waals surface area (Å²) in [6.45, 7) is 2.13. The maximum Gasteiger partial charge on any atom is 0.338 e. The molecule has 0 atom stereocenters. The molecule has 0 unspecified atom stereocenters. The van der Waals surface area contributed by atoms with E-state index in [0.29, 0.717) is 6.42 Å². The van der Waals surface area contributed by atoms with Gasteiger partial charge in [-0.05, 0) is 18.6 Å². The minimum absolute atomic E-state index is 0.0663. The molecule has 0 fully saturated rings. The predicted molar refractivity (Wildman–Crippen MR) is 56.9 cm³/mol. The minimum atomic E-state index is -1.07. The minimum Gasteiger partial charge on any atom is -0.462 e. The van der Waals surface area contributed by atoms with Crippen LogP contribution in [0.5, 0.6) is 0 Å². The topological polar surface area (TPSA) is 43.4 Å². The van der Waals surface area contributed by atoms with Gasteiger partial charge in [0.1, 0.15) is 11.6 Å². The zero-order valence-electron chi connectivity index (χ0n) is 9.33. The average molecular weight is 242 g/mol. The molecule has 0 saturated carbocycles. The molecule has 5 heteroatoms. The molecule has 1 aromatic rings. The summed E-state index contributed by atoms with van der Waals surface area (Å²) in [4.78, 5) is 21.7. The summed E-state index contributed by atoms with van der Waals surface area (Å²) >= 11 is 0. The van der Waals surface area contributed by atoms with Crippen LogP contribution in [0.3, 0.4) is 0 Å². The monoisotopic (exact) mass is 242 g/mol. The van der Waals surface area contributed by atoms with Gasteiger partial charge in [-0.3, -0.25) is 4.79 Å². The Balaban J connectivity index is 2.85. The molecular formula is C12H12F2O3. The summed E-state index contributed by atoms with van der Waals surface area (Å²) < 4.78 is 31.2. The number of unbranched alkanes of at least 4 members (excludes halogenated alkanes) is 1. The van der Waals surface area contributed by atoms with E-state index in [1.807, 2.05) is 6.92 Å². The molecule has 0 bridgehead atoms. The van der Waals surface area contributed by atoms with Gasteiger partial charge in [0.2, 0.25) is 0 Å². The standard InChI is InChI=1S/C12H12F2O3/c1-2-3-4-17-12(16)8-5-10(13)9(7-15)11(14)6-8/h5-7H,2-4H2,1H3. The normalized spacial score (nSPS) is 10.1. The third kappa shape index (κ3) is 3.34. The fraction of sp³-hybridized carbons (Fsp3) is 0.333. The number of esters is 1. The summed E-state index contributed by atoms with van der Waals surface area (Å²) in [7, 11) is 0. The van der Waals surface area contributed by atoms with E-state index in [1.54, 1.807) is 0 Å². The van der Waals surface area contributed by atoms with Crippen LogP contribution in [0.2, 0.25) is 0 Å². The van der Waals surface area contributed by atoms with Crippen LogP contribution in [0.25, 0.3) is 0 Å². The van der Waals surface area contributed by atoms with Gasteiger partial charge in [0.15, 0.2) is 6.29 Å². The predicted octanol–water partition coefficient (Wildman–Crippen LogP) is 2.73. The smallest absolute Gasteiger partial charge is 0.338 e. The van der Waals surface area contributed by atoms with Gasteiger partial charge in [0.25, 0.3) is 0 Å². The fourth-order valence-electron chi connectivity index (χ4n) is 1.21. The molecule has 0 heterocycles. The molecule has 0 N–H and O–H groups in total. The quantitative estimate of drug-likeness (QED) is 0.453. The van der Waals surface area contributed by atoms with Crippen molar-refractivity contribution < 1.29 is 23.1 Å². The first-order valence-electron chi connectivity index (χ1n) is 5.21. The molecule has 0 aliphatic heterocycles. The van der Waals surface area contributed by atoms with E-state index in [9.17, 15) is 18.4 Å². The van der Waals surface area contributed by atoms with Crippen molar-refractivity contribution in [3.8, 4) is 0 Å². The van der Waals surface area contributed by atoms with Crippen molar-refractivity contribution in [2.75, 3.05) is 6.61 Å². The zero-order valence-corrected chi connectivity index (χ0v) is 9.33. The summed E-state index contributed by atoms with van der Waals surface area (Å²) in [5.74, 6) is -2.93. The van der Waals surface area contributed by atoms with Crippen molar-refractivity contribution in [1.82, 2.24) is 0 Å². The largest absolute Gasteiger partial charge is 0.462 e.